The second kappa shape index (κ2) is 11.7. The Labute approximate surface area is 191 Å². The van der Waals surface area contributed by atoms with Crippen LogP contribution in [0.3, 0.4) is 0 Å². The largest absolute Gasteiger partial charge is 0.497 e. The lowest BCUT2D eigenvalue weighted by molar-refractivity contribution is -0.144. The van der Waals surface area contributed by atoms with Gasteiger partial charge >= 0.3 is 0 Å². The molecule has 1 fully saturated rings. The molecular weight excluding hydrogens is 410 g/mol. The van der Waals surface area contributed by atoms with E-state index in [1.54, 1.807) is 30.2 Å². The Morgan fingerprint density at radius 3 is 2.44 bits per heavy atom. The van der Waals surface area contributed by atoms with Gasteiger partial charge in [0.05, 0.1) is 19.8 Å². The summed E-state index contributed by atoms with van der Waals surface area (Å²) in [6, 6.07) is 4.21. The van der Waals surface area contributed by atoms with Crippen molar-refractivity contribution in [3.05, 3.63) is 23.8 Å². The average molecular weight is 448 g/mol. The molecule has 1 aliphatic rings. The maximum atomic E-state index is 13.3. The number of nitrogens with one attached hydrogen (secondary N) is 1. The lowest BCUT2D eigenvalue weighted by Crippen LogP contribution is -2.59. The molecule has 1 aliphatic heterocycles. The smallest absolute Gasteiger partial charge is 0.255 e. The molecule has 0 bridgehead atoms. The van der Waals surface area contributed by atoms with E-state index >= 15 is 0 Å². The molecule has 2 unspecified atom stereocenters. The first kappa shape index (κ1) is 25.5. The summed E-state index contributed by atoms with van der Waals surface area (Å²) in [5.74, 6) is 0.494. The Bertz CT molecular complexity index is 811. The molecule has 1 saturated heterocycles. The van der Waals surface area contributed by atoms with Crippen LogP contribution in [0.15, 0.2) is 18.2 Å². The van der Waals surface area contributed by atoms with Crippen molar-refractivity contribution in [2.45, 2.75) is 59.0 Å². The second-order valence-corrected chi connectivity index (χ2v) is 8.59. The van der Waals surface area contributed by atoms with Crippen molar-refractivity contribution in [3.8, 4) is 11.5 Å². The van der Waals surface area contributed by atoms with Crippen LogP contribution in [0.1, 0.15) is 57.3 Å². The van der Waals surface area contributed by atoms with Crippen molar-refractivity contribution in [1.82, 2.24) is 15.1 Å². The molecule has 0 aromatic heterocycles. The van der Waals surface area contributed by atoms with Gasteiger partial charge in [-0.2, -0.15) is 0 Å². The number of methoxy groups -OCH3 is 2. The summed E-state index contributed by atoms with van der Waals surface area (Å²) in [4.78, 5) is 42.3. The zero-order valence-electron chi connectivity index (χ0n) is 20.1. The minimum atomic E-state index is -0.677. The van der Waals surface area contributed by atoms with Gasteiger partial charge in [-0.05, 0) is 31.4 Å². The van der Waals surface area contributed by atoms with E-state index in [1.807, 2.05) is 25.7 Å². The van der Waals surface area contributed by atoms with Crippen LogP contribution < -0.4 is 14.8 Å². The van der Waals surface area contributed by atoms with Gasteiger partial charge < -0.3 is 24.6 Å². The van der Waals surface area contributed by atoms with Crippen LogP contribution in [0.2, 0.25) is 0 Å². The standard InChI is InChI=1S/C24H37N3O5/c1-7-8-9-21(28)27-13-12-26(15-17(27)4)24(30)22(16(2)3)25-23(29)19-11-10-18(31-5)14-20(19)32-6/h10-11,14,16-17,22H,7-9,12-13,15H2,1-6H3,(H,25,29). The van der Waals surface area contributed by atoms with Gasteiger partial charge in [0.25, 0.3) is 5.91 Å². The van der Waals surface area contributed by atoms with Crippen molar-refractivity contribution < 1.29 is 23.9 Å². The van der Waals surface area contributed by atoms with Crippen LogP contribution in [-0.2, 0) is 9.59 Å². The molecule has 1 N–H and O–H groups in total. The van der Waals surface area contributed by atoms with Crippen LogP contribution in [0.25, 0.3) is 0 Å². The monoisotopic (exact) mass is 447 g/mol. The maximum absolute atomic E-state index is 13.3. The quantitative estimate of drug-likeness (QED) is 0.629. The summed E-state index contributed by atoms with van der Waals surface area (Å²) < 4.78 is 10.5. The topological polar surface area (TPSA) is 88.2 Å². The molecule has 0 spiro atoms. The van der Waals surface area contributed by atoms with Gasteiger partial charge in [-0.1, -0.05) is 27.2 Å². The molecule has 32 heavy (non-hydrogen) atoms. The van der Waals surface area contributed by atoms with Crippen molar-refractivity contribution in [2.24, 2.45) is 5.92 Å². The number of ether oxygens (including phenoxy) is 2. The van der Waals surface area contributed by atoms with Crippen molar-refractivity contribution >= 4 is 17.7 Å². The number of carbonyl (C=O) groups is 3. The predicted octanol–water partition coefficient (Wildman–Crippen LogP) is 2.71. The third-order valence-electron chi connectivity index (χ3n) is 5.88. The second-order valence-electron chi connectivity index (χ2n) is 8.59. The average Bonchev–Trinajstić information content (AvgIpc) is 2.79. The fraction of sp³-hybridized carbons (Fsp3) is 0.625. The Balaban J connectivity index is 2.09. The number of hydrogen-bond donors (Lipinski definition) is 1. The number of unbranched alkanes of at least 4 members (excludes halogenated alkanes) is 1. The van der Waals surface area contributed by atoms with Gasteiger partial charge in [-0.25, -0.2) is 0 Å². The minimum absolute atomic E-state index is 0.0535. The molecule has 0 aliphatic carbocycles. The van der Waals surface area contributed by atoms with Gasteiger partial charge in [0, 0.05) is 38.2 Å². The van der Waals surface area contributed by atoms with Gasteiger partial charge in [-0.15, -0.1) is 0 Å². The Kier molecular flexibility index (Phi) is 9.35. The summed E-state index contributed by atoms with van der Waals surface area (Å²) in [7, 11) is 3.03. The zero-order chi connectivity index (χ0) is 23.8. The van der Waals surface area contributed by atoms with E-state index in [4.69, 9.17) is 9.47 Å². The van der Waals surface area contributed by atoms with Crippen LogP contribution in [0.4, 0.5) is 0 Å². The molecule has 1 heterocycles. The van der Waals surface area contributed by atoms with Crippen molar-refractivity contribution in [2.75, 3.05) is 33.9 Å². The normalized spacial score (nSPS) is 17.2. The van der Waals surface area contributed by atoms with E-state index in [1.165, 1.54) is 7.11 Å². The van der Waals surface area contributed by atoms with Crippen LogP contribution >= 0.6 is 0 Å². The van der Waals surface area contributed by atoms with E-state index in [2.05, 4.69) is 12.2 Å². The molecule has 0 saturated carbocycles. The van der Waals surface area contributed by atoms with Crippen LogP contribution in [0, 0.1) is 5.92 Å². The van der Waals surface area contributed by atoms with E-state index in [0.717, 1.165) is 12.8 Å². The molecule has 1 aromatic carbocycles. The first-order valence-electron chi connectivity index (χ1n) is 11.3. The Morgan fingerprint density at radius 2 is 1.88 bits per heavy atom. The van der Waals surface area contributed by atoms with Gasteiger partial charge in [-0.3, -0.25) is 14.4 Å². The highest BCUT2D eigenvalue weighted by atomic mass is 16.5. The van der Waals surface area contributed by atoms with Crippen LogP contribution in [0.5, 0.6) is 11.5 Å². The van der Waals surface area contributed by atoms with E-state index in [-0.39, 0.29) is 29.7 Å². The predicted molar refractivity (Wildman–Crippen MR) is 123 cm³/mol. The van der Waals surface area contributed by atoms with Gasteiger partial charge in [0.2, 0.25) is 11.8 Å². The summed E-state index contributed by atoms with van der Waals surface area (Å²) in [6.07, 6.45) is 2.40. The SMILES string of the molecule is CCCCC(=O)N1CCN(C(=O)C(NC(=O)c2ccc(OC)cc2OC)C(C)C)CC1C. The number of amides is 3. The Morgan fingerprint density at radius 1 is 1.16 bits per heavy atom. The van der Waals surface area contributed by atoms with Gasteiger partial charge in [0.1, 0.15) is 17.5 Å². The molecule has 8 nitrogen and oxygen atoms in total. The molecular formula is C24H37N3O5. The highest BCUT2D eigenvalue weighted by molar-refractivity contribution is 6.00. The molecule has 3 amide bonds. The molecule has 178 valence electrons. The molecule has 2 atom stereocenters. The summed E-state index contributed by atoms with van der Waals surface area (Å²) >= 11 is 0. The third kappa shape index (κ3) is 6.14. The number of carbonyl (C=O) groups excluding carboxylic acids is 3. The molecule has 8 heteroatoms. The molecule has 1 aromatic rings. The molecule has 2 rings (SSSR count). The summed E-state index contributed by atoms with van der Waals surface area (Å²) in [5.41, 5.74) is 0.339. The minimum Gasteiger partial charge on any atom is -0.497 e. The Hall–Kier alpha value is -2.77. The number of piperazine rings is 1. The van der Waals surface area contributed by atoms with E-state index in [0.29, 0.717) is 43.1 Å². The number of rotatable bonds is 9. The molecule has 0 radical (unpaired) electrons. The third-order valence-corrected chi connectivity index (χ3v) is 5.88. The fourth-order valence-electron chi connectivity index (χ4n) is 3.92. The first-order valence-corrected chi connectivity index (χ1v) is 11.3. The number of nitrogens with zero attached hydrogens (tertiary/aromatic N) is 2. The lowest BCUT2D eigenvalue weighted by Gasteiger charge is -2.41. The number of hydrogen-bond acceptors (Lipinski definition) is 5. The van der Waals surface area contributed by atoms with E-state index < -0.39 is 6.04 Å². The van der Waals surface area contributed by atoms with E-state index in [9.17, 15) is 14.4 Å². The fourth-order valence-corrected chi connectivity index (χ4v) is 3.92. The summed E-state index contributed by atoms with van der Waals surface area (Å²) in [6.45, 7) is 9.28. The van der Waals surface area contributed by atoms with Crippen LogP contribution in [-0.4, -0.2) is 73.5 Å². The maximum Gasteiger partial charge on any atom is 0.255 e. The van der Waals surface area contributed by atoms with Crippen molar-refractivity contribution in [3.63, 3.8) is 0 Å². The number of benzene rings is 1. The first-order chi connectivity index (χ1) is 15.2. The zero-order valence-corrected chi connectivity index (χ0v) is 20.1. The van der Waals surface area contributed by atoms with Gasteiger partial charge in [0.15, 0.2) is 0 Å². The summed E-state index contributed by atoms with van der Waals surface area (Å²) in [5, 5.41) is 2.89. The highest BCUT2D eigenvalue weighted by Crippen LogP contribution is 2.25. The lowest BCUT2D eigenvalue weighted by atomic mass is 10.0. The highest BCUT2D eigenvalue weighted by Gasteiger charge is 2.34. The van der Waals surface area contributed by atoms with Crippen molar-refractivity contribution in [1.29, 1.82) is 0 Å².